The van der Waals surface area contributed by atoms with Gasteiger partial charge in [0.05, 0.1) is 6.20 Å². The van der Waals surface area contributed by atoms with Crippen LogP contribution in [0.4, 0.5) is 0 Å². The van der Waals surface area contributed by atoms with E-state index in [4.69, 9.17) is 5.73 Å². The minimum atomic E-state index is -0.517. The van der Waals surface area contributed by atoms with Crippen LogP contribution < -0.4 is 5.73 Å². The third-order valence-corrected chi connectivity index (χ3v) is 5.29. The van der Waals surface area contributed by atoms with Crippen molar-refractivity contribution >= 4 is 11.6 Å². The van der Waals surface area contributed by atoms with Gasteiger partial charge in [0.25, 0.3) is 5.91 Å². The molecule has 1 fully saturated rings. The highest BCUT2D eigenvalue weighted by molar-refractivity contribution is 5.98. The van der Waals surface area contributed by atoms with Crippen LogP contribution in [0.1, 0.15) is 48.1 Å². The number of hydrogen-bond acceptors (Lipinski definition) is 4. The zero-order valence-corrected chi connectivity index (χ0v) is 14.9. The van der Waals surface area contributed by atoms with Gasteiger partial charge in [-0.25, -0.2) is 9.50 Å². The van der Waals surface area contributed by atoms with Crippen LogP contribution in [0.5, 0.6) is 0 Å². The van der Waals surface area contributed by atoms with Crippen LogP contribution in [0, 0.1) is 0 Å². The highest BCUT2D eigenvalue weighted by Gasteiger charge is 2.18. The molecule has 6 heteroatoms. The average Bonchev–Trinajstić information content (AvgIpc) is 3.12. The molecule has 0 aliphatic carbocycles. The number of amides is 1. The van der Waals surface area contributed by atoms with Gasteiger partial charge in [-0.3, -0.25) is 9.69 Å². The van der Waals surface area contributed by atoms with E-state index in [9.17, 15) is 4.79 Å². The van der Waals surface area contributed by atoms with Gasteiger partial charge in [0.1, 0.15) is 5.56 Å². The Balaban J connectivity index is 1.58. The topological polar surface area (TPSA) is 76.5 Å². The Kier molecular flexibility index (Phi) is 4.42. The molecule has 0 unspecified atom stereocenters. The molecule has 6 nitrogen and oxygen atoms in total. The van der Waals surface area contributed by atoms with Gasteiger partial charge in [0, 0.05) is 24.0 Å². The molecule has 1 aliphatic rings. The van der Waals surface area contributed by atoms with E-state index in [0.717, 1.165) is 11.1 Å². The Bertz CT molecular complexity index is 925. The van der Waals surface area contributed by atoms with Crippen molar-refractivity contribution < 1.29 is 4.79 Å². The maximum absolute atomic E-state index is 11.4. The molecular weight excluding hydrogens is 326 g/mol. The molecule has 0 bridgehead atoms. The molecule has 4 rings (SSSR count). The number of benzene rings is 1. The van der Waals surface area contributed by atoms with E-state index >= 15 is 0 Å². The fraction of sp³-hybridized carbons (Fsp3) is 0.350. The van der Waals surface area contributed by atoms with Gasteiger partial charge in [0.15, 0.2) is 5.65 Å². The predicted octanol–water partition coefficient (Wildman–Crippen LogP) is 3.04. The van der Waals surface area contributed by atoms with E-state index in [1.54, 1.807) is 10.7 Å². The number of carbonyl (C=O) groups is 1. The van der Waals surface area contributed by atoms with E-state index in [0.29, 0.717) is 17.3 Å². The second-order valence-electron chi connectivity index (χ2n) is 6.93. The molecule has 1 amide bonds. The molecular formula is C20H23N5O. The first kappa shape index (κ1) is 16.7. The third kappa shape index (κ3) is 3.08. The van der Waals surface area contributed by atoms with Crippen molar-refractivity contribution in [3.05, 3.63) is 54.0 Å². The maximum atomic E-state index is 11.4. The van der Waals surface area contributed by atoms with Crippen LogP contribution in [0.3, 0.4) is 0 Å². The number of carbonyl (C=O) groups excluding carboxylic acids is 1. The number of nitrogens with zero attached hydrogens (tertiary/aromatic N) is 4. The first-order chi connectivity index (χ1) is 12.6. The number of fused-ring (bicyclic) bond motifs is 1. The molecule has 26 heavy (non-hydrogen) atoms. The summed E-state index contributed by atoms with van der Waals surface area (Å²) in [5.41, 5.74) is 9.52. The Morgan fingerprint density at radius 3 is 2.50 bits per heavy atom. The first-order valence-corrected chi connectivity index (χ1v) is 9.11. The van der Waals surface area contributed by atoms with Crippen LogP contribution in [0.15, 0.2) is 42.9 Å². The Morgan fingerprint density at radius 1 is 1.08 bits per heavy atom. The Hall–Kier alpha value is -2.73. The van der Waals surface area contributed by atoms with Crippen LogP contribution >= 0.6 is 0 Å². The predicted molar refractivity (Wildman–Crippen MR) is 101 cm³/mol. The molecule has 1 aliphatic heterocycles. The van der Waals surface area contributed by atoms with Crippen molar-refractivity contribution in [1.29, 1.82) is 0 Å². The van der Waals surface area contributed by atoms with Gasteiger partial charge in [-0.05, 0) is 44.0 Å². The van der Waals surface area contributed by atoms with Gasteiger partial charge in [-0.1, -0.05) is 30.7 Å². The zero-order chi connectivity index (χ0) is 18.1. The molecule has 0 spiro atoms. The van der Waals surface area contributed by atoms with Crippen molar-refractivity contribution in [2.75, 3.05) is 13.1 Å². The van der Waals surface area contributed by atoms with Gasteiger partial charge in [-0.15, -0.1) is 0 Å². The van der Waals surface area contributed by atoms with E-state index in [1.807, 2.05) is 6.20 Å². The van der Waals surface area contributed by atoms with E-state index in [2.05, 4.69) is 46.2 Å². The molecule has 0 radical (unpaired) electrons. The van der Waals surface area contributed by atoms with E-state index in [-0.39, 0.29) is 0 Å². The van der Waals surface area contributed by atoms with Crippen molar-refractivity contribution in [3.8, 4) is 11.1 Å². The largest absolute Gasteiger partial charge is 0.365 e. The standard InChI is InChI=1S/C20H23N5O/c1-14(24-9-3-2-4-10-24)15-5-7-16(8-6-15)17-11-22-20-18(19(21)26)12-23-25(20)13-17/h5-8,11-14H,2-4,9-10H2,1H3,(H2,21,26)/t14-/m0/s1. The second-order valence-corrected chi connectivity index (χ2v) is 6.93. The number of piperidine rings is 1. The SMILES string of the molecule is C[C@@H](c1ccc(-c2cnc3c(C(N)=O)cnn3c2)cc1)N1CCCCC1. The highest BCUT2D eigenvalue weighted by Crippen LogP contribution is 2.27. The zero-order valence-electron chi connectivity index (χ0n) is 14.9. The lowest BCUT2D eigenvalue weighted by Crippen LogP contribution is -2.32. The average molecular weight is 349 g/mol. The lowest BCUT2D eigenvalue weighted by molar-refractivity contribution is 0.100. The quantitative estimate of drug-likeness (QED) is 0.785. The lowest BCUT2D eigenvalue weighted by Gasteiger charge is -2.32. The summed E-state index contributed by atoms with van der Waals surface area (Å²) in [6, 6.07) is 9.07. The summed E-state index contributed by atoms with van der Waals surface area (Å²) in [4.78, 5) is 18.3. The van der Waals surface area contributed by atoms with E-state index in [1.165, 1.54) is 44.1 Å². The van der Waals surface area contributed by atoms with Crippen molar-refractivity contribution in [3.63, 3.8) is 0 Å². The molecule has 0 saturated carbocycles. The van der Waals surface area contributed by atoms with Crippen LogP contribution in [-0.4, -0.2) is 38.5 Å². The Morgan fingerprint density at radius 2 is 1.81 bits per heavy atom. The minimum absolute atomic E-state index is 0.335. The number of primary amides is 1. The number of likely N-dealkylation sites (tertiary alicyclic amines) is 1. The highest BCUT2D eigenvalue weighted by atomic mass is 16.1. The fourth-order valence-electron chi connectivity index (χ4n) is 3.67. The van der Waals surface area contributed by atoms with Crippen LogP contribution in [-0.2, 0) is 0 Å². The summed E-state index contributed by atoms with van der Waals surface area (Å²) in [7, 11) is 0. The number of rotatable bonds is 4. The lowest BCUT2D eigenvalue weighted by atomic mass is 10.0. The molecule has 1 saturated heterocycles. The van der Waals surface area contributed by atoms with Crippen LogP contribution in [0.2, 0.25) is 0 Å². The van der Waals surface area contributed by atoms with Gasteiger partial charge >= 0.3 is 0 Å². The smallest absolute Gasteiger partial charge is 0.254 e. The molecule has 1 aromatic carbocycles. The summed E-state index contributed by atoms with van der Waals surface area (Å²) in [5.74, 6) is -0.517. The third-order valence-electron chi connectivity index (χ3n) is 5.29. The van der Waals surface area contributed by atoms with E-state index < -0.39 is 5.91 Å². The fourth-order valence-corrected chi connectivity index (χ4v) is 3.67. The summed E-state index contributed by atoms with van der Waals surface area (Å²) in [5, 5.41) is 4.18. The van der Waals surface area contributed by atoms with Crippen LogP contribution in [0.25, 0.3) is 16.8 Å². The number of hydrogen-bond donors (Lipinski definition) is 1. The number of nitrogens with two attached hydrogens (primary N) is 1. The van der Waals surface area contributed by atoms with Gasteiger partial charge < -0.3 is 5.73 Å². The van der Waals surface area contributed by atoms with Crippen molar-refractivity contribution in [2.24, 2.45) is 5.73 Å². The summed E-state index contributed by atoms with van der Waals surface area (Å²) in [6.07, 6.45) is 9.03. The molecule has 2 N–H and O–H groups in total. The van der Waals surface area contributed by atoms with Gasteiger partial charge in [0.2, 0.25) is 0 Å². The second kappa shape index (κ2) is 6.88. The monoisotopic (exact) mass is 349 g/mol. The van der Waals surface area contributed by atoms with Crippen molar-refractivity contribution in [1.82, 2.24) is 19.5 Å². The first-order valence-electron chi connectivity index (χ1n) is 9.11. The molecule has 2 aromatic heterocycles. The maximum Gasteiger partial charge on any atom is 0.254 e. The minimum Gasteiger partial charge on any atom is -0.365 e. The van der Waals surface area contributed by atoms with Crippen molar-refractivity contribution in [2.45, 2.75) is 32.2 Å². The van der Waals surface area contributed by atoms with Gasteiger partial charge in [-0.2, -0.15) is 5.10 Å². The molecule has 3 heterocycles. The summed E-state index contributed by atoms with van der Waals surface area (Å²) >= 11 is 0. The summed E-state index contributed by atoms with van der Waals surface area (Å²) < 4.78 is 1.60. The normalized spacial score (nSPS) is 16.7. The number of aromatic nitrogens is 3. The molecule has 3 aromatic rings. The molecule has 1 atom stereocenters. The summed E-state index contributed by atoms with van der Waals surface area (Å²) in [6.45, 7) is 4.65. The molecule has 134 valence electrons. The Labute approximate surface area is 152 Å².